The van der Waals surface area contributed by atoms with Crippen LogP contribution in [0.15, 0.2) is 65.6 Å². The number of carbonyl (C=O) groups is 4. The molecule has 0 aliphatic carbocycles. The highest BCUT2D eigenvalue weighted by atomic mass is 32.2. The standard InChI is InChI=1S/C40H52N6O8S/c1-26-22-34(53-4)27(2)28(3)37(26)55(51,52)45-32(24-35(47)43-19-11-14-36(48)54-25-30-12-7-5-8-13-30)39(49)44-33(40(50)46-20-9-6-10-21-46)23-29-15-17-31(18-16-29)38(41)42/h5,7-8,12-13,15-18,22,32-33,45H,6,9-11,14,19-21,23-25H2,1-4H3,(H3,41,42)(H,43,47)(H,44,49)/t32-,33+/m0/s1. The molecular formula is C40H52N6O8S. The van der Waals surface area contributed by atoms with Crippen molar-refractivity contribution in [1.29, 1.82) is 5.41 Å². The van der Waals surface area contributed by atoms with Crippen LogP contribution in [0.4, 0.5) is 0 Å². The van der Waals surface area contributed by atoms with E-state index in [2.05, 4.69) is 15.4 Å². The third-order valence-electron chi connectivity index (χ3n) is 9.58. The predicted octanol–water partition coefficient (Wildman–Crippen LogP) is 3.32. The minimum atomic E-state index is -4.41. The molecule has 0 aromatic heterocycles. The third kappa shape index (κ3) is 12.1. The molecule has 1 saturated heterocycles. The number of amides is 3. The van der Waals surface area contributed by atoms with Crippen molar-refractivity contribution in [3.05, 3.63) is 94.0 Å². The summed E-state index contributed by atoms with van der Waals surface area (Å²) in [7, 11) is -2.92. The van der Waals surface area contributed by atoms with Crippen molar-refractivity contribution in [2.45, 2.75) is 89.3 Å². The number of likely N-dealkylation sites (tertiary alicyclic amines) is 1. The molecule has 2 atom stereocenters. The van der Waals surface area contributed by atoms with Crippen LogP contribution in [0.5, 0.6) is 5.75 Å². The van der Waals surface area contributed by atoms with Gasteiger partial charge in [-0.2, -0.15) is 4.72 Å². The molecule has 15 heteroatoms. The van der Waals surface area contributed by atoms with Gasteiger partial charge in [-0.3, -0.25) is 24.6 Å². The number of nitrogens with one attached hydrogen (secondary N) is 4. The summed E-state index contributed by atoms with van der Waals surface area (Å²) in [6.45, 7) is 6.20. The summed E-state index contributed by atoms with van der Waals surface area (Å²) in [5, 5.41) is 13.1. The fraction of sp³-hybridized carbons (Fsp3) is 0.425. The molecule has 3 amide bonds. The molecule has 1 heterocycles. The number of carbonyl (C=O) groups excluding carboxylic acids is 4. The summed E-state index contributed by atoms with van der Waals surface area (Å²) in [5.41, 5.74) is 9.02. The van der Waals surface area contributed by atoms with Gasteiger partial charge in [0, 0.05) is 38.0 Å². The fourth-order valence-electron chi connectivity index (χ4n) is 6.47. The largest absolute Gasteiger partial charge is 0.496 e. The van der Waals surface area contributed by atoms with Gasteiger partial charge in [-0.25, -0.2) is 8.42 Å². The Kier molecular flexibility index (Phi) is 15.3. The number of amidine groups is 1. The third-order valence-corrected chi connectivity index (χ3v) is 11.3. The van der Waals surface area contributed by atoms with Crippen molar-refractivity contribution in [2.24, 2.45) is 5.73 Å². The lowest BCUT2D eigenvalue weighted by molar-refractivity contribution is -0.145. The van der Waals surface area contributed by atoms with E-state index in [4.69, 9.17) is 20.6 Å². The second kappa shape index (κ2) is 19.9. The summed E-state index contributed by atoms with van der Waals surface area (Å²) in [5.74, 6) is -1.88. The minimum absolute atomic E-state index is 0.0344. The smallest absolute Gasteiger partial charge is 0.306 e. The molecule has 0 spiro atoms. The average Bonchev–Trinajstić information content (AvgIpc) is 3.17. The molecule has 0 radical (unpaired) electrons. The van der Waals surface area contributed by atoms with Crippen LogP contribution in [0.2, 0.25) is 0 Å². The number of nitrogens with two attached hydrogens (primary N) is 1. The first kappa shape index (κ1) is 42.5. The molecular weight excluding hydrogens is 725 g/mol. The Bertz CT molecular complexity index is 1950. The summed E-state index contributed by atoms with van der Waals surface area (Å²) < 4.78 is 41.3. The van der Waals surface area contributed by atoms with E-state index >= 15 is 0 Å². The van der Waals surface area contributed by atoms with Crippen molar-refractivity contribution >= 4 is 39.5 Å². The first-order valence-electron chi connectivity index (χ1n) is 18.4. The number of nitrogen functional groups attached to an aromatic ring is 1. The van der Waals surface area contributed by atoms with Crippen LogP contribution in [-0.2, 0) is 47.0 Å². The molecule has 3 aromatic carbocycles. The SMILES string of the molecule is COc1cc(C)c(S(=O)(=O)N[C@@H](CC(=O)NCCCC(=O)OCc2ccccc2)C(=O)N[C@H](Cc2ccc(C(=N)N)cc2)C(=O)N2CCCCC2)c(C)c1C. The van der Waals surface area contributed by atoms with E-state index in [0.717, 1.165) is 24.8 Å². The Morgan fingerprint density at radius 1 is 0.909 bits per heavy atom. The molecule has 1 aliphatic heterocycles. The van der Waals surface area contributed by atoms with Gasteiger partial charge >= 0.3 is 5.97 Å². The molecule has 0 saturated carbocycles. The van der Waals surface area contributed by atoms with E-state index in [1.54, 1.807) is 56.0 Å². The van der Waals surface area contributed by atoms with Gasteiger partial charge in [-0.05, 0) is 80.3 Å². The van der Waals surface area contributed by atoms with Crippen LogP contribution < -0.4 is 25.8 Å². The number of benzene rings is 3. The van der Waals surface area contributed by atoms with Crippen molar-refractivity contribution in [3.8, 4) is 5.75 Å². The van der Waals surface area contributed by atoms with E-state index in [9.17, 15) is 27.6 Å². The highest BCUT2D eigenvalue weighted by Gasteiger charge is 2.34. The summed E-state index contributed by atoms with van der Waals surface area (Å²) >= 11 is 0. The van der Waals surface area contributed by atoms with Crippen LogP contribution in [0.1, 0.15) is 71.9 Å². The van der Waals surface area contributed by atoms with E-state index in [1.165, 1.54) is 7.11 Å². The second-order valence-electron chi connectivity index (χ2n) is 13.7. The lowest BCUT2D eigenvalue weighted by Gasteiger charge is -2.31. The zero-order chi connectivity index (χ0) is 40.1. The maximum absolute atomic E-state index is 14.1. The van der Waals surface area contributed by atoms with E-state index < -0.39 is 46.3 Å². The van der Waals surface area contributed by atoms with E-state index in [0.29, 0.717) is 46.7 Å². The molecule has 55 heavy (non-hydrogen) atoms. The monoisotopic (exact) mass is 776 g/mol. The number of hydrogen-bond acceptors (Lipinski definition) is 9. The lowest BCUT2D eigenvalue weighted by Crippen LogP contribution is -2.56. The van der Waals surface area contributed by atoms with Crippen molar-refractivity contribution < 1.29 is 37.1 Å². The number of aryl methyl sites for hydroxylation is 1. The molecule has 0 bridgehead atoms. The Morgan fingerprint density at radius 3 is 2.22 bits per heavy atom. The maximum atomic E-state index is 14.1. The van der Waals surface area contributed by atoms with Gasteiger partial charge in [0.15, 0.2) is 0 Å². The topological polar surface area (TPSA) is 210 Å². The zero-order valence-corrected chi connectivity index (χ0v) is 32.7. The molecule has 296 valence electrons. The van der Waals surface area contributed by atoms with E-state index in [-0.39, 0.29) is 49.1 Å². The predicted molar refractivity (Wildman–Crippen MR) is 208 cm³/mol. The number of methoxy groups -OCH3 is 1. The molecule has 4 rings (SSSR count). The molecule has 0 unspecified atom stereocenters. The van der Waals surface area contributed by atoms with Crippen LogP contribution in [-0.4, -0.2) is 81.7 Å². The Labute approximate surface area is 323 Å². The number of ether oxygens (including phenoxy) is 2. The van der Waals surface area contributed by atoms with Crippen molar-refractivity contribution in [1.82, 2.24) is 20.3 Å². The van der Waals surface area contributed by atoms with Crippen LogP contribution in [0.3, 0.4) is 0 Å². The average molecular weight is 777 g/mol. The van der Waals surface area contributed by atoms with Crippen LogP contribution in [0.25, 0.3) is 0 Å². The normalized spacial score (nSPS) is 14.0. The number of rotatable bonds is 18. The Hall–Kier alpha value is -5.28. The number of nitrogens with zero attached hydrogens (tertiary/aromatic N) is 1. The van der Waals surface area contributed by atoms with Crippen LogP contribution in [0, 0.1) is 26.2 Å². The van der Waals surface area contributed by atoms with Crippen molar-refractivity contribution in [3.63, 3.8) is 0 Å². The van der Waals surface area contributed by atoms with Gasteiger partial charge in [0.25, 0.3) is 0 Å². The highest BCUT2D eigenvalue weighted by molar-refractivity contribution is 7.89. The van der Waals surface area contributed by atoms with Gasteiger partial charge in [0.1, 0.15) is 30.3 Å². The number of esters is 1. The first-order chi connectivity index (χ1) is 26.2. The van der Waals surface area contributed by atoms with Gasteiger partial charge in [-0.15, -0.1) is 0 Å². The Balaban J connectivity index is 1.54. The number of piperidine rings is 1. The summed E-state index contributed by atoms with van der Waals surface area (Å²) in [6, 6.07) is 14.8. The molecule has 3 aromatic rings. The maximum Gasteiger partial charge on any atom is 0.306 e. The zero-order valence-electron chi connectivity index (χ0n) is 31.9. The van der Waals surface area contributed by atoms with Gasteiger partial charge in [0.05, 0.1) is 18.4 Å². The highest BCUT2D eigenvalue weighted by Crippen LogP contribution is 2.30. The summed E-state index contributed by atoms with van der Waals surface area (Å²) in [6.07, 6.45) is 2.37. The van der Waals surface area contributed by atoms with Crippen molar-refractivity contribution in [2.75, 3.05) is 26.7 Å². The molecule has 6 N–H and O–H groups in total. The van der Waals surface area contributed by atoms with Gasteiger partial charge in [0.2, 0.25) is 27.7 Å². The van der Waals surface area contributed by atoms with Gasteiger partial charge in [-0.1, -0.05) is 54.6 Å². The molecule has 1 aliphatic rings. The summed E-state index contributed by atoms with van der Waals surface area (Å²) in [4.78, 5) is 55.2. The second-order valence-corrected chi connectivity index (χ2v) is 15.4. The Morgan fingerprint density at radius 2 is 1.58 bits per heavy atom. The minimum Gasteiger partial charge on any atom is -0.496 e. The lowest BCUT2D eigenvalue weighted by atomic mass is 10.0. The fourth-order valence-corrected chi connectivity index (χ4v) is 8.19. The molecule has 1 fully saturated rings. The van der Waals surface area contributed by atoms with Crippen LogP contribution >= 0.6 is 0 Å². The number of sulfonamides is 1. The van der Waals surface area contributed by atoms with Gasteiger partial charge < -0.3 is 30.7 Å². The number of hydrogen-bond donors (Lipinski definition) is 5. The van der Waals surface area contributed by atoms with E-state index in [1.807, 2.05) is 30.3 Å². The first-order valence-corrected chi connectivity index (χ1v) is 19.8. The quantitative estimate of drug-likeness (QED) is 0.0555. The molecule has 14 nitrogen and oxygen atoms in total.